The predicted octanol–water partition coefficient (Wildman–Crippen LogP) is 3.66. The van der Waals surface area contributed by atoms with Gasteiger partial charge in [0.05, 0.1) is 5.69 Å². The van der Waals surface area contributed by atoms with E-state index >= 15 is 0 Å². The molecule has 1 nitrogen and oxygen atoms in total. The van der Waals surface area contributed by atoms with Crippen LogP contribution in [0.15, 0.2) is 18.2 Å². The van der Waals surface area contributed by atoms with Crippen molar-refractivity contribution in [2.24, 2.45) is 0 Å². The van der Waals surface area contributed by atoms with Crippen molar-refractivity contribution >= 4 is 5.69 Å². The smallest absolute Gasteiger partial charge is 0.146 e. The lowest BCUT2D eigenvalue weighted by Crippen LogP contribution is -2.40. The van der Waals surface area contributed by atoms with E-state index in [0.717, 1.165) is 11.3 Å². The zero-order valence-electron chi connectivity index (χ0n) is 9.75. The van der Waals surface area contributed by atoms with E-state index < -0.39 is 0 Å². The van der Waals surface area contributed by atoms with Gasteiger partial charge in [0.1, 0.15) is 5.82 Å². The third kappa shape index (κ3) is 1.43. The molecular weight excluding hydrogens is 201 g/mol. The Morgan fingerprint density at radius 2 is 1.81 bits per heavy atom. The van der Waals surface area contributed by atoms with Gasteiger partial charge in [0.25, 0.3) is 0 Å². The molecule has 0 aromatic heterocycles. The average Bonchev–Trinajstić information content (AvgIpc) is 2.51. The summed E-state index contributed by atoms with van der Waals surface area (Å²) in [6, 6.07) is 6.60. The molecule has 0 aliphatic carbocycles. The first-order valence-corrected chi connectivity index (χ1v) is 6.31. The molecule has 1 aromatic rings. The Morgan fingerprint density at radius 3 is 2.44 bits per heavy atom. The van der Waals surface area contributed by atoms with Crippen LogP contribution in [0.2, 0.25) is 0 Å². The molecule has 2 heterocycles. The minimum atomic E-state index is -0.0428. The molecule has 2 bridgehead atoms. The van der Waals surface area contributed by atoms with Crippen molar-refractivity contribution in [2.75, 3.05) is 4.90 Å². The summed E-state index contributed by atoms with van der Waals surface area (Å²) in [6.07, 6.45) is 6.30. The largest absolute Gasteiger partial charge is 0.363 e. The van der Waals surface area contributed by atoms with Crippen LogP contribution >= 0.6 is 0 Å². The Bertz CT molecular complexity index is 365. The third-order valence-electron chi connectivity index (χ3n) is 4.14. The second kappa shape index (κ2) is 3.76. The SMILES string of the molecule is Cc1cccc(F)c1N1C2CCCC1CC2. The van der Waals surface area contributed by atoms with Gasteiger partial charge in [-0.1, -0.05) is 12.1 Å². The number of para-hydroxylation sites is 1. The molecule has 0 saturated carbocycles. The lowest BCUT2D eigenvalue weighted by molar-refractivity contribution is 0.459. The van der Waals surface area contributed by atoms with Crippen LogP contribution in [0, 0.1) is 12.7 Å². The molecule has 2 fully saturated rings. The minimum Gasteiger partial charge on any atom is -0.363 e. The fourth-order valence-corrected chi connectivity index (χ4v) is 3.43. The van der Waals surface area contributed by atoms with Gasteiger partial charge in [0.2, 0.25) is 0 Å². The number of halogens is 1. The summed E-state index contributed by atoms with van der Waals surface area (Å²) >= 11 is 0. The van der Waals surface area contributed by atoms with E-state index in [0.29, 0.717) is 12.1 Å². The van der Waals surface area contributed by atoms with E-state index in [1.807, 2.05) is 13.0 Å². The first-order chi connectivity index (χ1) is 7.77. The summed E-state index contributed by atoms with van der Waals surface area (Å²) in [4.78, 5) is 2.37. The van der Waals surface area contributed by atoms with E-state index in [9.17, 15) is 4.39 Å². The van der Waals surface area contributed by atoms with Gasteiger partial charge >= 0.3 is 0 Å². The maximum atomic E-state index is 14.0. The van der Waals surface area contributed by atoms with E-state index in [2.05, 4.69) is 4.90 Å². The predicted molar refractivity (Wildman–Crippen MR) is 64.3 cm³/mol. The standard InChI is InChI=1S/C14H18FN/c1-10-4-2-7-13(15)14(10)16-11-5-3-6-12(16)9-8-11/h2,4,7,11-12H,3,5-6,8-9H2,1H3. The number of benzene rings is 1. The zero-order valence-corrected chi connectivity index (χ0v) is 9.75. The molecule has 2 unspecified atom stereocenters. The van der Waals surface area contributed by atoms with Crippen molar-refractivity contribution in [1.82, 2.24) is 0 Å². The van der Waals surface area contributed by atoms with E-state index in [1.165, 1.54) is 32.1 Å². The van der Waals surface area contributed by atoms with Gasteiger partial charge in [0, 0.05) is 12.1 Å². The van der Waals surface area contributed by atoms with Crippen LogP contribution in [0.3, 0.4) is 0 Å². The molecule has 2 atom stereocenters. The van der Waals surface area contributed by atoms with Gasteiger partial charge in [-0.3, -0.25) is 0 Å². The molecule has 86 valence electrons. The first kappa shape index (κ1) is 10.1. The van der Waals surface area contributed by atoms with Gasteiger partial charge in [0.15, 0.2) is 0 Å². The number of rotatable bonds is 1. The molecule has 2 aliphatic rings. The van der Waals surface area contributed by atoms with E-state index in [-0.39, 0.29) is 5.82 Å². The highest BCUT2D eigenvalue weighted by molar-refractivity contribution is 5.57. The summed E-state index contributed by atoms with van der Waals surface area (Å²) in [7, 11) is 0. The van der Waals surface area contributed by atoms with Crippen LogP contribution in [-0.4, -0.2) is 12.1 Å². The highest BCUT2D eigenvalue weighted by Crippen LogP contribution is 2.41. The fourth-order valence-electron chi connectivity index (χ4n) is 3.43. The number of hydrogen-bond acceptors (Lipinski definition) is 1. The number of aryl methyl sites for hydroxylation is 1. The Kier molecular flexibility index (Phi) is 2.38. The first-order valence-electron chi connectivity index (χ1n) is 6.31. The van der Waals surface area contributed by atoms with Crippen molar-refractivity contribution in [3.8, 4) is 0 Å². The van der Waals surface area contributed by atoms with Crippen molar-refractivity contribution in [3.05, 3.63) is 29.6 Å². The number of nitrogens with zero attached hydrogens (tertiary/aromatic N) is 1. The number of hydrogen-bond donors (Lipinski definition) is 0. The fraction of sp³-hybridized carbons (Fsp3) is 0.571. The van der Waals surface area contributed by atoms with Crippen LogP contribution < -0.4 is 4.90 Å². The third-order valence-corrected chi connectivity index (χ3v) is 4.14. The topological polar surface area (TPSA) is 3.24 Å². The summed E-state index contributed by atoms with van der Waals surface area (Å²) < 4.78 is 14.0. The molecule has 0 amide bonds. The molecule has 0 spiro atoms. The number of anilines is 1. The highest BCUT2D eigenvalue weighted by Gasteiger charge is 2.38. The average molecular weight is 219 g/mol. The molecular formula is C14H18FN. The van der Waals surface area contributed by atoms with E-state index in [4.69, 9.17) is 0 Å². The molecule has 1 aromatic carbocycles. The van der Waals surface area contributed by atoms with Crippen LogP contribution in [0.25, 0.3) is 0 Å². The zero-order chi connectivity index (χ0) is 11.1. The van der Waals surface area contributed by atoms with Crippen LogP contribution in [0.1, 0.15) is 37.7 Å². The van der Waals surface area contributed by atoms with Gasteiger partial charge in [-0.05, 0) is 50.7 Å². The van der Waals surface area contributed by atoms with Crippen LogP contribution in [-0.2, 0) is 0 Å². The second-order valence-corrected chi connectivity index (χ2v) is 5.13. The van der Waals surface area contributed by atoms with Gasteiger partial charge in [-0.15, -0.1) is 0 Å². The van der Waals surface area contributed by atoms with Gasteiger partial charge in [-0.2, -0.15) is 0 Å². The Morgan fingerprint density at radius 1 is 1.12 bits per heavy atom. The number of piperidine rings is 1. The summed E-state index contributed by atoms with van der Waals surface area (Å²) in [5.41, 5.74) is 1.95. The lowest BCUT2D eigenvalue weighted by atomic mass is 10.0. The summed E-state index contributed by atoms with van der Waals surface area (Å²) in [5, 5.41) is 0. The molecule has 0 radical (unpaired) electrons. The lowest BCUT2D eigenvalue weighted by Gasteiger charge is -2.37. The van der Waals surface area contributed by atoms with E-state index in [1.54, 1.807) is 12.1 Å². The van der Waals surface area contributed by atoms with Crippen molar-refractivity contribution in [2.45, 2.75) is 51.1 Å². The van der Waals surface area contributed by atoms with Crippen molar-refractivity contribution in [3.63, 3.8) is 0 Å². The van der Waals surface area contributed by atoms with Gasteiger partial charge < -0.3 is 4.90 Å². The van der Waals surface area contributed by atoms with Crippen LogP contribution in [0.4, 0.5) is 10.1 Å². The van der Waals surface area contributed by atoms with Crippen LogP contribution in [0.5, 0.6) is 0 Å². The summed E-state index contributed by atoms with van der Waals surface area (Å²) in [6.45, 7) is 2.02. The number of fused-ring (bicyclic) bond motifs is 2. The Labute approximate surface area is 96.3 Å². The highest BCUT2D eigenvalue weighted by atomic mass is 19.1. The maximum absolute atomic E-state index is 14.0. The molecule has 2 heteroatoms. The quantitative estimate of drug-likeness (QED) is 0.696. The second-order valence-electron chi connectivity index (χ2n) is 5.13. The monoisotopic (exact) mass is 219 g/mol. The molecule has 0 N–H and O–H groups in total. The molecule has 3 rings (SSSR count). The van der Waals surface area contributed by atoms with Crippen molar-refractivity contribution in [1.29, 1.82) is 0 Å². The Hall–Kier alpha value is -1.05. The molecule has 16 heavy (non-hydrogen) atoms. The molecule has 2 saturated heterocycles. The minimum absolute atomic E-state index is 0.0428. The normalized spacial score (nSPS) is 28.5. The molecule has 2 aliphatic heterocycles. The Balaban J connectivity index is 2.03. The van der Waals surface area contributed by atoms with Gasteiger partial charge in [-0.25, -0.2) is 4.39 Å². The maximum Gasteiger partial charge on any atom is 0.146 e. The summed E-state index contributed by atoms with van der Waals surface area (Å²) in [5.74, 6) is -0.0428. The van der Waals surface area contributed by atoms with Crippen molar-refractivity contribution < 1.29 is 4.39 Å².